The van der Waals surface area contributed by atoms with Crippen LogP contribution in [0.5, 0.6) is 0 Å². The van der Waals surface area contributed by atoms with Gasteiger partial charge in [0, 0.05) is 10.9 Å². The smallest absolute Gasteiger partial charge is 0.263 e. The molecule has 1 aliphatic carbocycles. The fraction of sp³-hybridized carbons (Fsp3) is 0.455. The summed E-state index contributed by atoms with van der Waals surface area (Å²) >= 11 is 5.99. The summed E-state index contributed by atoms with van der Waals surface area (Å²) < 4.78 is 26.7. The van der Waals surface area contributed by atoms with Crippen LogP contribution < -0.4 is 5.48 Å². The third-order valence-corrected chi connectivity index (χ3v) is 3.69. The van der Waals surface area contributed by atoms with Crippen molar-refractivity contribution in [2.75, 3.05) is 0 Å². The maximum absolute atomic E-state index is 13.3. The molecule has 5 heteroatoms. The maximum atomic E-state index is 13.3. The molecule has 86 valence electrons. The molecule has 2 nitrogen and oxygen atoms in total. The van der Waals surface area contributed by atoms with E-state index in [2.05, 4.69) is 5.48 Å². The largest absolute Gasteiger partial charge is 0.297 e. The van der Waals surface area contributed by atoms with Crippen LogP contribution in [0.15, 0.2) is 24.3 Å². The zero-order chi connectivity index (χ0) is 11.3. The van der Waals surface area contributed by atoms with Gasteiger partial charge in [-0.2, -0.15) is 5.48 Å². The monoisotopic (exact) mass is 245 g/mol. The van der Waals surface area contributed by atoms with E-state index in [4.69, 9.17) is 16.4 Å². The summed E-state index contributed by atoms with van der Waals surface area (Å²) in [4.78, 5) is 5.12. The summed E-state index contributed by atoms with van der Waals surface area (Å²) in [6, 6.07) is 6.69. The lowest BCUT2D eigenvalue weighted by molar-refractivity contribution is -0.0552. The predicted octanol–water partition coefficient (Wildman–Crippen LogP) is 2.72. The standard InChI is InChI=1S/C11H10ClF2NO/c12-8-4-2-1-3-6(8)11(10(13)14)7-5-9(7)16-15-11/h1-4,7,9-10,15H,5H2/t7-,9+,11+/m0/s1. The molecule has 1 aromatic carbocycles. The van der Waals surface area contributed by atoms with Crippen LogP contribution in [-0.4, -0.2) is 12.5 Å². The number of nitrogens with one attached hydrogen (secondary N) is 1. The van der Waals surface area contributed by atoms with Gasteiger partial charge in [-0.05, 0) is 18.1 Å². The summed E-state index contributed by atoms with van der Waals surface area (Å²) in [5.74, 6) is -0.174. The van der Waals surface area contributed by atoms with Gasteiger partial charge in [-0.25, -0.2) is 8.78 Å². The lowest BCUT2D eigenvalue weighted by atomic mass is 9.86. The summed E-state index contributed by atoms with van der Waals surface area (Å²) in [7, 11) is 0. The fourth-order valence-corrected chi connectivity index (χ4v) is 2.70. The number of benzene rings is 1. The molecule has 1 saturated carbocycles. The first-order chi connectivity index (χ1) is 7.66. The molecule has 0 bridgehead atoms. The van der Waals surface area contributed by atoms with Crippen molar-refractivity contribution in [3.05, 3.63) is 34.9 Å². The minimum absolute atomic E-state index is 0.0923. The topological polar surface area (TPSA) is 21.3 Å². The number of hydrogen-bond acceptors (Lipinski definition) is 2. The van der Waals surface area contributed by atoms with Gasteiger partial charge in [0.1, 0.15) is 5.54 Å². The van der Waals surface area contributed by atoms with Crippen LogP contribution in [0, 0.1) is 5.92 Å². The minimum Gasteiger partial charge on any atom is -0.297 e. The Morgan fingerprint density at radius 3 is 2.69 bits per heavy atom. The van der Waals surface area contributed by atoms with Crippen LogP contribution in [0.1, 0.15) is 12.0 Å². The molecule has 2 aliphatic rings. The van der Waals surface area contributed by atoms with Crippen molar-refractivity contribution >= 4 is 11.6 Å². The molecule has 0 radical (unpaired) electrons. The van der Waals surface area contributed by atoms with E-state index in [0.717, 1.165) is 0 Å². The first-order valence-electron chi connectivity index (χ1n) is 5.12. The second-order valence-corrected chi connectivity index (χ2v) is 4.66. The van der Waals surface area contributed by atoms with E-state index in [9.17, 15) is 8.78 Å². The number of hydrogen-bond donors (Lipinski definition) is 1. The quantitative estimate of drug-likeness (QED) is 0.865. The van der Waals surface area contributed by atoms with Crippen LogP contribution in [0.3, 0.4) is 0 Å². The first kappa shape index (κ1) is 10.4. The van der Waals surface area contributed by atoms with Crippen molar-refractivity contribution in [2.45, 2.75) is 24.5 Å². The van der Waals surface area contributed by atoms with Crippen molar-refractivity contribution in [3.63, 3.8) is 0 Å². The molecule has 1 N–H and O–H groups in total. The second-order valence-electron chi connectivity index (χ2n) is 4.25. The summed E-state index contributed by atoms with van der Waals surface area (Å²) in [5, 5.41) is 0.353. The van der Waals surface area contributed by atoms with Crippen molar-refractivity contribution < 1.29 is 13.6 Å². The van der Waals surface area contributed by atoms with Crippen molar-refractivity contribution in [2.24, 2.45) is 5.92 Å². The summed E-state index contributed by atoms with van der Waals surface area (Å²) in [6.07, 6.45) is -1.96. The van der Waals surface area contributed by atoms with Crippen molar-refractivity contribution in [1.82, 2.24) is 5.48 Å². The highest BCUT2D eigenvalue weighted by Crippen LogP contribution is 2.56. The predicted molar refractivity (Wildman–Crippen MR) is 55.2 cm³/mol. The lowest BCUT2D eigenvalue weighted by Gasteiger charge is -2.30. The molecule has 1 heterocycles. The Bertz CT molecular complexity index is 428. The minimum atomic E-state index is -2.54. The zero-order valence-corrected chi connectivity index (χ0v) is 9.05. The maximum Gasteiger partial charge on any atom is 0.263 e. The molecule has 3 rings (SSSR count). The van der Waals surface area contributed by atoms with Gasteiger partial charge in [-0.15, -0.1) is 0 Å². The molecular formula is C11H10ClF2NO. The highest BCUT2D eigenvalue weighted by molar-refractivity contribution is 6.31. The van der Waals surface area contributed by atoms with Crippen LogP contribution in [0.4, 0.5) is 8.78 Å². The molecular weight excluding hydrogens is 236 g/mol. The van der Waals surface area contributed by atoms with E-state index in [1.807, 2.05) is 0 Å². The Balaban J connectivity index is 2.11. The molecule has 1 aromatic rings. The van der Waals surface area contributed by atoms with Crippen LogP contribution in [0.2, 0.25) is 5.02 Å². The van der Waals surface area contributed by atoms with Gasteiger partial charge < -0.3 is 0 Å². The molecule has 0 spiro atoms. The summed E-state index contributed by atoms with van der Waals surface area (Å²) in [6.45, 7) is 0. The molecule has 0 amide bonds. The van der Waals surface area contributed by atoms with Gasteiger partial charge in [0.25, 0.3) is 6.43 Å². The van der Waals surface area contributed by atoms with Gasteiger partial charge in [0.2, 0.25) is 0 Å². The van der Waals surface area contributed by atoms with Crippen molar-refractivity contribution in [3.8, 4) is 0 Å². The number of fused-ring (bicyclic) bond motifs is 1. The molecule has 1 saturated heterocycles. The third-order valence-electron chi connectivity index (χ3n) is 3.36. The lowest BCUT2D eigenvalue weighted by Crippen LogP contribution is -2.46. The number of halogens is 3. The Labute approximate surface area is 96.5 Å². The van der Waals surface area contributed by atoms with Gasteiger partial charge in [-0.3, -0.25) is 4.84 Å². The molecule has 16 heavy (non-hydrogen) atoms. The van der Waals surface area contributed by atoms with Crippen molar-refractivity contribution in [1.29, 1.82) is 0 Å². The Morgan fingerprint density at radius 2 is 2.19 bits per heavy atom. The van der Waals surface area contributed by atoms with E-state index in [1.165, 1.54) is 0 Å². The molecule has 2 fully saturated rings. The van der Waals surface area contributed by atoms with Gasteiger partial charge >= 0.3 is 0 Å². The number of alkyl halides is 2. The third kappa shape index (κ3) is 1.24. The van der Waals surface area contributed by atoms with E-state index < -0.39 is 12.0 Å². The van der Waals surface area contributed by atoms with Crippen LogP contribution in [0.25, 0.3) is 0 Å². The normalized spacial score (nSPS) is 36.5. The first-order valence-corrected chi connectivity index (χ1v) is 5.50. The SMILES string of the molecule is FC(F)[C@]1(c2ccccc2Cl)NO[C@@H]2C[C@@H]21. The van der Waals surface area contributed by atoms with Crippen LogP contribution in [-0.2, 0) is 10.4 Å². The highest BCUT2D eigenvalue weighted by atomic mass is 35.5. The molecule has 3 atom stereocenters. The van der Waals surface area contributed by atoms with Crippen LogP contribution >= 0.6 is 11.6 Å². The van der Waals surface area contributed by atoms with E-state index in [0.29, 0.717) is 17.0 Å². The number of hydroxylamine groups is 1. The van der Waals surface area contributed by atoms with Gasteiger partial charge in [-0.1, -0.05) is 29.8 Å². The summed E-state index contributed by atoms with van der Waals surface area (Å²) in [5.41, 5.74) is 1.49. The molecule has 0 unspecified atom stereocenters. The second kappa shape index (κ2) is 3.39. The van der Waals surface area contributed by atoms with Gasteiger partial charge in [0.15, 0.2) is 0 Å². The highest BCUT2D eigenvalue weighted by Gasteiger charge is 2.65. The van der Waals surface area contributed by atoms with E-state index in [1.54, 1.807) is 24.3 Å². The zero-order valence-electron chi connectivity index (χ0n) is 8.29. The molecule has 0 aromatic heterocycles. The Morgan fingerprint density at radius 1 is 1.44 bits per heavy atom. The fourth-order valence-electron chi connectivity index (χ4n) is 2.41. The Kier molecular flexibility index (Phi) is 2.21. The average molecular weight is 246 g/mol. The number of rotatable bonds is 2. The van der Waals surface area contributed by atoms with E-state index >= 15 is 0 Å². The molecule has 1 aliphatic heterocycles. The van der Waals surface area contributed by atoms with E-state index in [-0.39, 0.29) is 12.0 Å². The average Bonchev–Trinajstić information content (AvgIpc) is 2.94. The van der Waals surface area contributed by atoms with Gasteiger partial charge in [0.05, 0.1) is 6.10 Å². The Hall–Kier alpha value is -0.710.